The van der Waals surface area contributed by atoms with E-state index in [2.05, 4.69) is 9.88 Å². The van der Waals surface area contributed by atoms with E-state index in [0.717, 1.165) is 5.82 Å². The van der Waals surface area contributed by atoms with Gasteiger partial charge in [0, 0.05) is 38.9 Å². The summed E-state index contributed by atoms with van der Waals surface area (Å²) < 4.78 is 10.7. The van der Waals surface area contributed by atoms with Crippen molar-refractivity contribution in [1.29, 1.82) is 0 Å². The average Bonchev–Trinajstić information content (AvgIpc) is 3.08. The predicted molar refractivity (Wildman–Crippen MR) is 117 cm³/mol. The summed E-state index contributed by atoms with van der Waals surface area (Å²) in [5.41, 5.74) is 1.52. The van der Waals surface area contributed by atoms with Gasteiger partial charge in [0.15, 0.2) is 11.5 Å². The number of ether oxygens (including phenoxy) is 2. The Morgan fingerprint density at radius 2 is 1.61 bits per heavy atom. The average molecular weight is 422 g/mol. The number of piperazine rings is 1. The molecular weight excluding hydrogens is 396 g/mol. The normalized spacial score (nSPS) is 16.9. The number of hydrogen-bond donors (Lipinski definition) is 0. The number of carbonyl (C=O) groups is 2. The topological polar surface area (TPSA) is 75.2 Å². The summed E-state index contributed by atoms with van der Waals surface area (Å²) in [6.45, 7) is 4.81. The maximum atomic E-state index is 13.2. The van der Waals surface area contributed by atoms with E-state index < -0.39 is 0 Å². The summed E-state index contributed by atoms with van der Waals surface area (Å²) in [6.07, 6.45) is 1.78. The fourth-order valence-corrected chi connectivity index (χ4v) is 4.10. The summed E-state index contributed by atoms with van der Waals surface area (Å²) in [6, 6.07) is 11.1. The second-order valence-corrected chi connectivity index (χ2v) is 7.31. The van der Waals surface area contributed by atoms with E-state index in [1.807, 2.05) is 30.0 Å². The second-order valence-electron chi connectivity index (χ2n) is 7.31. The van der Waals surface area contributed by atoms with E-state index in [4.69, 9.17) is 9.47 Å². The highest BCUT2D eigenvalue weighted by Gasteiger charge is 2.41. The maximum absolute atomic E-state index is 13.2. The highest BCUT2D eigenvalue weighted by Crippen LogP contribution is 2.36. The molecule has 8 nitrogen and oxygen atoms in total. The van der Waals surface area contributed by atoms with Crippen LogP contribution in [0.4, 0.5) is 5.82 Å². The number of aromatic nitrogens is 1. The Morgan fingerprint density at radius 3 is 2.23 bits per heavy atom. The Morgan fingerprint density at radius 1 is 0.903 bits per heavy atom. The maximum Gasteiger partial charge on any atom is 0.277 e. The van der Waals surface area contributed by atoms with E-state index >= 15 is 0 Å². The van der Waals surface area contributed by atoms with Crippen LogP contribution < -0.4 is 14.4 Å². The van der Waals surface area contributed by atoms with Crippen LogP contribution in [-0.4, -0.2) is 73.5 Å². The number of methoxy groups -OCH3 is 2. The molecule has 1 saturated heterocycles. The monoisotopic (exact) mass is 422 g/mol. The number of nitrogens with zero attached hydrogens (tertiary/aromatic N) is 4. The fourth-order valence-electron chi connectivity index (χ4n) is 4.10. The van der Waals surface area contributed by atoms with E-state index in [1.54, 1.807) is 38.6 Å². The lowest BCUT2D eigenvalue weighted by atomic mass is 10.0. The number of carbonyl (C=O) groups excluding carboxylic acids is 2. The largest absolute Gasteiger partial charge is 0.493 e. The van der Waals surface area contributed by atoms with Crippen molar-refractivity contribution in [3.63, 3.8) is 0 Å². The molecule has 4 rings (SSSR count). The van der Waals surface area contributed by atoms with Gasteiger partial charge in [-0.25, -0.2) is 4.98 Å². The minimum absolute atomic E-state index is 0.247. The number of benzene rings is 1. The summed E-state index contributed by atoms with van der Waals surface area (Å²) in [7, 11) is 3.11. The molecule has 162 valence electrons. The standard InChI is InChI=1S/C23H26N4O4/c1-4-27-22(28)20(16-8-9-17(30-2)18(15-16)31-3)21(23(27)29)26-13-11-25(12-14-26)19-7-5-6-10-24-19/h5-10,15H,4,11-14H2,1-3H3. The van der Waals surface area contributed by atoms with Crippen molar-refractivity contribution in [3.05, 3.63) is 53.9 Å². The number of pyridine rings is 1. The van der Waals surface area contributed by atoms with Crippen LogP contribution in [-0.2, 0) is 9.59 Å². The number of anilines is 1. The van der Waals surface area contributed by atoms with Crippen LogP contribution in [0.25, 0.3) is 5.57 Å². The molecule has 2 aliphatic rings. The van der Waals surface area contributed by atoms with Crippen molar-refractivity contribution < 1.29 is 19.1 Å². The molecule has 0 bridgehead atoms. The smallest absolute Gasteiger partial charge is 0.277 e. The third-order valence-electron chi connectivity index (χ3n) is 5.70. The minimum atomic E-state index is -0.276. The number of rotatable bonds is 6. The molecule has 3 heterocycles. The van der Waals surface area contributed by atoms with Gasteiger partial charge in [0.25, 0.3) is 11.8 Å². The summed E-state index contributed by atoms with van der Waals surface area (Å²) in [5, 5.41) is 0. The zero-order valence-corrected chi connectivity index (χ0v) is 18.0. The predicted octanol–water partition coefficient (Wildman–Crippen LogP) is 2.02. The molecule has 8 heteroatoms. The van der Waals surface area contributed by atoms with Crippen LogP contribution in [0.2, 0.25) is 0 Å². The molecule has 2 amide bonds. The van der Waals surface area contributed by atoms with Crippen molar-refractivity contribution in [1.82, 2.24) is 14.8 Å². The molecule has 0 spiro atoms. The van der Waals surface area contributed by atoms with Crippen LogP contribution in [0.5, 0.6) is 11.5 Å². The van der Waals surface area contributed by atoms with Gasteiger partial charge in [-0.3, -0.25) is 14.5 Å². The molecule has 0 radical (unpaired) electrons. The van der Waals surface area contributed by atoms with Crippen molar-refractivity contribution in [2.45, 2.75) is 6.92 Å². The molecule has 0 atom stereocenters. The molecule has 31 heavy (non-hydrogen) atoms. The Hall–Kier alpha value is -3.55. The van der Waals surface area contributed by atoms with Crippen molar-refractivity contribution in [2.24, 2.45) is 0 Å². The Balaban J connectivity index is 1.68. The van der Waals surface area contributed by atoms with Crippen LogP contribution in [0.3, 0.4) is 0 Å². The molecule has 2 aromatic rings. The Kier molecular flexibility index (Phi) is 5.79. The van der Waals surface area contributed by atoms with E-state index in [0.29, 0.717) is 61.1 Å². The van der Waals surface area contributed by atoms with Gasteiger partial charge >= 0.3 is 0 Å². The van der Waals surface area contributed by atoms with Gasteiger partial charge in [0.2, 0.25) is 0 Å². The lowest BCUT2D eigenvalue weighted by Gasteiger charge is -2.37. The van der Waals surface area contributed by atoms with Gasteiger partial charge in [0.05, 0.1) is 19.8 Å². The molecule has 0 saturated carbocycles. The summed E-state index contributed by atoms with van der Waals surface area (Å²) in [4.78, 5) is 36.3. The first kappa shape index (κ1) is 20.7. The highest BCUT2D eigenvalue weighted by atomic mass is 16.5. The van der Waals surface area contributed by atoms with Crippen molar-refractivity contribution in [2.75, 3.05) is 51.8 Å². The van der Waals surface area contributed by atoms with Gasteiger partial charge in [-0.1, -0.05) is 12.1 Å². The lowest BCUT2D eigenvalue weighted by Crippen LogP contribution is -2.47. The number of likely N-dealkylation sites (N-methyl/N-ethyl adjacent to an activating group) is 1. The Bertz CT molecular complexity index is 1010. The first-order chi connectivity index (χ1) is 15.1. The van der Waals surface area contributed by atoms with Gasteiger partial charge < -0.3 is 19.3 Å². The molecule has 2 aliphatic heterocycles. The van der Waals surface area contributed by atoms with Crippen LogP contribution in [0.15, 0.2) is 48.3 Å². The Labute approximate surface area is 181 Å². The van der Waals surface area contributed by atoms with Gasteiger partial charge in [-0.05, 0) is 36.8 Å². The number of imide groups is 1. The van der Waals surface area contributed by atoms with Gasteiger partial charge in [-0.15, -0.1) is 0 Å². The van der Waals surface area contributed by atoms with E-state index in [-0.39, 0.29) is 11.8 Å². The molecule has 1 aromatic carbocycles. The van der Waals surface area contributed by atoms with Gasteiger partial charge in [0.1, 0.15) is 11.5 Å². The summed E-state index contributed by atoms with van der Waals surface area (Å²) in [5.74, 6) is 1.48. The second kappa shape index (κ2) is 8.67. The molecule has 0 unspecified atom stereocenters. The first-order valence-corrected chi connectivity index (χ1v) is 10.3. The van der Waals surface area contributed by atoms with Gasteiger partial charge in [-0.2, -0.15) is 0 Å². The fraction of sp³-hybridized carbons (Fsp3) is 0.348. The zero-order valence-electron chi connectivity index (χ0n) is 18.0. The minimum Gasteiger partial charge on any atom is -0.493 e. The van der Waals surface area contributed by atoms with E-state index in [1.165, 1.54) is 4.90 Å². The summed E-state index contributed by atoms with van der Waals surface area (Å²) >= 11 is 0. The quantitative estimate of drug-likeness (QED) is 0.660. The highest BCUT2D eigenvalue weighted by molar-refractivity contribution is 6.35. The third-order valence-corrected chi connectivity index (χ3v) is 5.70. The number of hydrogen-bond acceptors (Lipinski definition) is 7. The zero-order chi connectivity index (χ0) is 22.0. The van der Waals surface area contributed by atoms with Crippen molar-refractivity contribution >= 4 is 23.2 Å². The molecule has 1 fully saturated rings. The van der Waals surface area contributed by atoms with Crippen LogP contribution in [0, 0.1) is 0 Å². The molecule has 1 aromatic heterocycles. The molecule has 0 aliphatic carbocycles. The SMILES string of the molecule is CCN1C(=O)C(c2ccc(OC)c(OC)c2)=C(N2CCN(c3ccccn3)CC2)C1=O. The molecular formula is C23H26N4O4. The van der Waals surface area contributed by atoms with Crippen LogP contribution in [0.1, 0.15) is 12.5 Å². The first-order valence-electron chi connectivity index (χ1n) is 10.3. The lowest BCUT2D eigenvalue weighted by molar-refractivity contribution is -0.137. The number of amides is 2. The third kappa shape index (κ3) is 3.69. The van der Waals surface area contributed by atoms with Crippen molar-refractivity contribution in [3.8, 4) is 11.5 Å². The molecule has 0 N–H and O–H groups in total. The van der Waals surface area contributed by atoms with Crippen LogP contribution >= 0.6 is 0 Å². The van der Waals surface area contributed by atoms with E-state index in [9.17, 15) is 9.59 Å².